The van der Waals surface area contributed by atoms with Crippen LogP contribution in [0.25, 0.3) is 0 Å². The van der Waals surface area contributed by atoms with Crippen molar-refractivity contribution in [3.63, 3.8) is 0 Å². The summed E-state index contributed by atoms with van der Waals surface area (Å²) in [7, 11) is 0. The molecule has 2 amide bonds. The molecule has 5 nitrogen and oxygen atoms in total. The Morgan fingerprint density at radius 1 is 1.29 bits per heavy atom. The molecule has 2 rings (SSSR count). The first kappa shape index (κ1) is 15.5. The molecular formula is C16H22N2O3. The van der Waals surface area contributed by atoms with Crippen LogP contribution in [0, 0.1) is 0 Å². The van der Waals surface area contributed by atoms with Crippen molar-refractivity contribution in [2.24, 2.45) is 0 Å². The molecule has 1 atom stereocenters. The smallest absolute Gasteiger partial charge is 0.239 e. The van der Waals surface area contributed by atoms with Crippen LogP contribution in [-0.2, 0) is 9.59 Å². The summed E-state index contributed by atoms with van der Waals surface area (Å²) < 4.78 is 0. The molecule has 1 aliphatic heterocycles. The molecule has 1 unspecified atom stereocenters. The van der Waals surface area contributed by atoms with E-state index in [-0.39, 0.29) is 18.4 Å². The van der Waals surface area contributed by atoms with E-state index in [4.69, 9.17) is 0 Å². The molecule has 0 aliphatic carbocycles. The minimum absolute atomic E-state index is 0.0562. The number of hydrogen-bond acceptors (Lipinski definition) is 3. The van der Waals surface area contributed by atoms with Crippen LogP contribution in [0.15, 0.2) is 30.3 Å². The van der Waals surface area contributed by atoms with Crippen LogP contribution in [-0.4, -0.2) is 41.5 Å². The molecule has 1 aromatic carbocycles. The van der Waals surface area contributed by atoms with Crippen LogP contribution in [0.3, 0.4) is 0 Å². The number of aliphatic hydroxyl groups excluding tert-OH is 1. The van der Waals surface area contributed by atoms with Gasteiger partial charge in [-0.15, -0.1) is 0 Å². The lowest BCUT2D eigenvalue weighted by Gasteiger charge is -2.26. The number of aliphatic hydroxyl groups is 1. The molecule has 1 heterocycles. The van der Waals surface area contributed by atoms with Gasteiger partial charge in [0.2, 0.25) is 11.8 Å². The Morgan fingerprint density at radius 3 is 2.76 bits per heavy atom. The van der Waals surface area contributed by atoms with Crippen molar-refractivity contribution in [2.75, 3.05) is 19.6 Å². The molecular weight excluding hydrogens is 268 g/mol. The highest BCUT2D eigenvalue weighted by atomic mass is 16.3. The average molecular weight is 290 g/mol. The highest BCUT2D eigenvalue weighted by molar-refractivity contribution is 5.85. The van der Waals surface area contributed by atoms with Crippen LogP contribution in [0.2, 0.25) is 0 Å². The fraction of sp³-hybridized carbons (Fsp3) is 0.500. The minimum Gasteiger partial charge on any atom is -0.388 e. The molecule has 2 N–H and O–H groups in total. The molecule has 0 aromatic heterocycles. The summed E-state index contributed by atoms with van der Waals surface area (Å²) in [6, 6.07) is 9.36. The standard InChI is InChI=1S/C16H22N2O3/c19-14(13-6-2-1-3-7-13)9-10-17-15(20)12-18-11-5-4-8-16(18)21/h1-3,6-7,14,19H,4-5,8-12H2,(H,17,20). The fourth-order valence-electron chi connectivity index (χ4n) is 2.45. The number of likely N-dealkylation sites (tertiary alicyclic amines) is 1. The minimum atomic E-state index is -0.580. The second kappa shape index (κ2) is 7.78. The third kappa shape index (κ3) is 4.86. The number of hydrogen-bond donors (Lipinski definition) is 2. The predicted octanol–water partition coefficient (Wildman–Crippen LogP) is 1.24. The van der Waals surface area contributed by atoms with Crippen molar-refractivity contribution in [3.05, 3.63) is 35.9 Å². The van der Waals surface area contributed by atoms with Crippen molar-refractivity contribution in [2.45, 2.75) is 31.8 Å². The maximum atomic E-state index is 11.8. The van der Waals surface area contributed by atoms with Crippen LogP contribution in [0.4, 0.5) is 0 Å². The van der Waals surface area contributed by atoms with Crippen molar-refractivity contribution in [1.82, 2.24) is 10.2 Å². The Morgan fingerprint density at radius 2 is 2.05 bits per heavy atom. The summed E-state index contributed by atoms with van der Waals surface area (Å²) in [6.07, 6.45) is 2.30. The lowest BCUT2D eigenvalue weighted by Crippen LogP contribution is -2.43. The average Bonchev–Trinajstić information content (AvgIpc) is 2.50. The highest BCUT2D eigenvalue weighted by Gasteiger charge is 2.20. The first-order chi connectivity index (χ1) is 10.2. The van der Waals surface area contributed by atoms with Crippen molar-refractivity contribution < 1.29 is 14.7 Å². The number of carbonyl (C=O) groups excluding carboxylic acids is 2. The molecule has 114 valence electrons. The zero-order valence-electron chi connectivity index (χ0n) is 12.1. The largest absolute Gasteiger partial charge is 0.388 e. The lowest BCUT2D eigenvalue weighted by atomic mass is 10.1. The molecule has 21 heavy (non-hydrogen) atoms. The number of amides is 2. The summed E-state index contributed by atoms with van der Waals surface area (Å²) in [4.78, 5) is 25.0. The number of benzene rings is 1. The van der Waals surface area contributed by atoms with Crippen molar-refractivity contribution in [3.8, 4) is 0 Å². The molecule has 1 aromatic rings. The van der Waals surface area contributed by atoms with Gasteiger partial charge in [0.1, 0.15) is 0 Å². The Bertz CT molecular complexity index is 476. The van der Waals surface area contributed by atoms with Gasteiger partial charge in [0.05, 0.1) is 12.6 Å². The van der Waals surface area contributed by atoms with E-state index in [1.165, 1.54) is 0 Å². The van der Waals surface area contributed by atoms with Gasteiger partial charge in [-0.1, -0.05) is 30.3 Å². The number of carbonyl (C=O) groups is 2. The number of piperidine rings is 1. The van der Waals surface area contributed by atoms with E-state index in [0.29, 0.717) is 25.9 Å². The fourth-order valence-corrected chi connectivity index (χ4v) is 2.45. The maximum absolute atomic E-state index is 11.8. The zero-order valence-corrected chi connectivity index (χ0v) is 12.1. The summed E-state index contributed by atoms with van der Waals surface area (Å²) in [6.45, 7) is 1.19. The van der Waals surface area contributed by atoms with Crippen molar-refractivity contribution >= 4 is 11.8 Å². The van der Waals surface area contributed by atoms with E-state index in [1.807, 2.05) is 30.3 Å². The zero-order chi connectivity index (χ0) is 15.1. The lowest BCUT2D eigenvalue weighted by molar-refractivity contribution is -0.137. The van der Waals surface area contributed by atoms with Gasteiger partial charge >= 0.3 is 0 Å². The van der Waals surface area contributed by atoms with Crippen LogP contribution < -0.4 is 5.32 Å². The van der Waals surface area contributed by atoms with E-state index in [2.05, 4.69) is 5.32 Å². The molecule has 5 heteroatoms. The Hall–Kier alpha value is -1.88. The first-order valence-electron chi connectivity index (χ1n) is 7.44. The number of rotatable bonds is 6. The SMILES string of the molecule is O=C(CN1CCCCC1=O)NCCC(O)c1ccccc1. The predicted molar refractivity (Wildman–Crippen MR) is 79.5 cm³/mol. The number of nitrogens with one attached hydrogen (secondary N) is 1. The van der Waals surface area contributed by atoms with E-state index in [1.54, 1.807) is 4.90 Å². The third-order valence-electron chi connectivity index (χ3n) is 3.68. The molecule has 1 saturated heterocycles. The van der Waals surface area contributed by atoms with E-state index in [9.17, 15) is 14.7 Å². The van der Waals surface area contributed by atoms with Gasteiger partial charge in [-0.05, 0) is 24.8 Å². The quantitative estimate of drug-likeness (QED) is 0.828. The molecule has 0 saturated carbocycles. The molecule has 0 spiro atoms. The summed E-state index contributed by atoms with van der Waals surface area (Å²) in [5.41, 5.74) is 0.845. The molecule has 1 fully saturated rings. The summed E-state index contributed by atoms with van der Waals surface area (Å²) >= 11 is 0. The second-order valence-corrected chi connectivity index (χ2v) is 5.34. The Labute approximate surface area is 125 Å². The van der Waals surface area contributed by atoms with Gasteiger partial charge < -0.3 is 15.3 Å². The summed E-state index contributed by atoms with van der Waals surface area (Å²) in [5.74, 6) is -0.105. The van der Waals surface area contributed by atoms with Gasteiger partial charge in [-0.2, -0.15) is 0 Å². The van der Waals surface area contributed by atoms with Crippen LogP contribution in [0.5, 0.6) is 0 Å². The van der Waals surface area contributed by atoms with Crippen LogP contribution >= 0.6 is 0 Å². The van der Waals surface area contributed by atoms with Gasteiger partial charge in [-0.25, -0.2) is 0 Å². The molecule has 0 radical (unpaired) electrons. The van der Waals surface area contributed by atoms with E-state index >= 15 is 0 Å². The van der Waals surface area contributed by atoms with Gasteiger partial charge in [0.15, 0.2) is 0 Å². The van der Waals surface area contributed by atoms with E-state index in [0.717, 1.165) is 18.4 Å². The Kier molecular flexibility index (Phi) is 5.75. The number of nitrogens with zero attached hydrogens (tertiary/aromatic N) is 1. The first-order valence-corrected chi connectivity index (χ1v) is 7.44. The second-order valence-electron chi connectivity index (χ2n) is 5.34. The monoisotopic (exact) mass is 290 g/mol. The van der Waals surface area contributed by atoms with E-state index < -0.39 is 6.10 Å². The van der Waals surface area contributed by atoms with Gasteiger partial charge in [0, 0.05) is 19.5 Å². The third-order valence-corrected chi connectivity index (χ3v) is 3.68. The topological polar surface area (TPSA) is 69.6 Å². The maximum Gasteiger partial charge on any atom is 0.239 e. The van der Waals surface area contributed by atoms with Gasteiger partial charge in [-0.3, -0.25) is 9.59 Å². The molecule has 1 aliphatic rings. The normalized spacial score (nSPS) is 16.6. The van der Waals surface area contributed by atoms with Gasteiger partial charge in [0.25, 0.3) is 0 Å². The van der Waals surface area contributed by atoms with Crippen LogP contribution in [0.1, 0.15) is 37.4 Å². The summed E-state index contributed by atoms with van der Waals surface area (Å²) in [5, 5.41) is 12.7. The van der Waals surface area contributed by atoms with Crippen molar-refractivity contribution in [1.29, 1.82) is 0 Å². The Balaban J connectivity index is 1.68. The molecule has 0 bridgehead atoms. The highest BCUT2D eigenvalue weighted by Crippen LogP contribution is 2.15.